The van der Waals surface area contributed by atoms with Crippen molar-refractivity contribution in [2.24, 2.45) is 5.73 Å². The molecule has 0 saturated carbocycles. The molecule has 4 rings (SSSR count). The van der Waals surface area contributed by atoms with E-state index in [-0.39, 0.29) is 11.6 Å². The number of unbranched alkanes of at least 4 members (excludes halogenated alkanes) is 2. The number of nitrogens with two attached hydrogens (primary N) is 1. The number of carbonyl (C=O) groups is 2. The van der Waals surface area contributed by atoms with Crippen LogP contribution in [0.5, 0.6) is 0 Å². The first kappa shape index (κ1) is 24.1. The highest BCUT2D eigenvalue weighted by Gasteiger charge is 2.18. The third-order valence-corrected chi connectivity index (χ3v) is 6.97. The number of rotatable bonds is 10. The lowest BCUT2D eigenvalue weighted by atomic mass is 10.1. The first-order valence-corrected chi connectivity index (χ1v) is 12.6. The number of hydrogen-bond acceptors (Lipinski definition) is 7. The largest absolute Gasteiger partial charge is 0.364 e. The lowest BCUT2D eigenvalue weighted by Crippen LogP contribution is -2.44. The van der Waals surface area contributed by atoms with E-state index in [1.165, 1.54) is 11.3 Å². The van der Waals surface area contributed by atoms with Gasteiger partial charge in [0.1, 0.15) is 5.00 Å². The van der Waals surface area contributed by atoms with Crippen molar-refractivity contribution in [3.05, 3.63) is 48.2 Å². The standard InChI is InChI=1S/C25H32N6O2S/c1-30-13-15-31(16-14-30)12-6-2-3-9-21(32)28-24-22(23(26)33)29-25(34-24)27-20-11-10-18-7-4-5-8-19(18)17-20/h4-5,7-8,10-11,17H,2-3,6,9,12-16H2,1H3,(H2,26,33)(H,27,29)(H,28,32). The molecule has 0 atom stereocenters. The second-order valence-electron chi connectivity index (χ2n) is 8.75. The van der Waals surface area contributed by atoms with Crippen LogP contribution in [0.1, 0.15) is 36.2 Å². The first-order chi connectivity index (χ1) is 16.5. The van der Waals surface area contributed by atoms with E-state index >= 15 is 0 Å². The van der Waals surface area contributed by atoms with Crippen molar-refractivity contribution in [3.8, 4) is 0 Å². The maximum absolute atomic E-state index is 12.5. The van der Waals surface area contributed by atoms with Crippen LogP contribution in [0.15, 0.2) is 42.5 Å². The molecule has 0 radical (unpaired) electrons. The lowest BCUT2D eigenvalue weighted by molar-refractivity contribution is -0.116. The summed E-state index contributed by atoms with van der Waals surface area (Å²) in [5.41, 5.74) is 6.44. The SMILES string of the molecule is CN1CCN(CCCCCC(=O)Nc2sc(Nc3ccc4ccccc4c3)nc2C(N)=O)CC1. The minimum atomic E-state index is -0.662. The summed E-state index contributed by atoms with van der Waals surface area (Å²) in [4.78, 5) is 33.5. The van der Waals surface area contributed by atoms with Gasteiger partial charge in [-0.15, -0.1) is 0 Å². The van der Waals surface area contributed by atoms with Gasteiger partial charge in [-0.3, -0.25) is 9.59 Å². The number of primary amides is 1. The summed E-state index contributed by atoms with van der Waals surface area (Å²) in [6.07, 6.45) is 3.31. The molecular weight excluding hydrogens is 448 g/mol. The average Bonchev–Trinajstić information content (AvgIpc) is 3.22. The molecule has 2 amide bonds. The van der Waals surface area contributed by atoms with Gasteiger partial charge in [-0.25, -0.2) is 4.98 Å². The minimum absolute atomic E-state index is 0.0803. The van der Waals surface area contributed by atoms with E-state index in [2.05, 4.69) is 32.5 Å². The highest BCUT2D eigenvalue weighted by atomic mass is 32.1. The van der Waals surface area contributed by atoms with Crippen LogP contribution in [-0.2, 0) is 4.79 Å². The van der Waals surface area contributed by atoms with Gasteiger partial charge < -0.3 is 26.2 Å². The molecule has 4 N–H and O–H groups in total. The quantitative estimate of drug-likeness (QED) is 0.381. The number of fused-ring (bicyclic) bond motifs is 1. The Kier molecular flexibility index (Phi) is 8.10. The molecule has 1 aliphatic heterocycles. The Labute approximate surface area is 204 Å². The summed E-state index contributed by atoms with van der Waals surface area (Å²) in [5, 5.41) is 9.18. The lowest BCUT2D eigenvalue weighted by Gasteiger charge is -2.32. The molecule has 1 saturated heterocycles. The van der Waals surface area contributed by atoms with Crippen LogP contribution in [0.2, 0.25) is 0 Å². The van der Waals surface area contributed by atoms with Crippen molar-refractivity contribution in [2.75, 3.05) is 50.4 Å². The Bertz CT molecular complexity index is 1140. The van der Waals surface area contributed by atoms with Gasteiger partial charge in [0.25, 0.3) is 5.91 Å². The van der Waals surface area contributed by atoms with E-state index in [4.69, 9.17) is 5.73 Å². The van der Waals surface area contributed by atoms with E-state index in [1.54, 1.807) is 0 Å². The Hall–Kier alpha value is -3.01. The number of likely N-dealkylation sites (N-methyl/N-ethyl adjacent to an activating group) is 1. The average molecular weight is 481 g/mol. The van der Waals surface area contributed by atoms with Gasteiger partial charge in [0.05, 0.1) is 0 Å². The molecule has 0 spiro atoms. The van der Waals surface area contributed by atoms with Crippen LogP contribution in [0.4, 0.5) is 15.8 Å². The van der Waals surface area contributed by atoms with Gasteiger partial charge in [0.2, 0.25) is 5.91 Å². The smallest absolute Gasteiger partial charge is 0.270 e. The van der Waals surface area contributed by atoms with Crippen molar-refractivity contribution < 1.29 is 9.59 Å². The van der Waals surface area contributed by atoms with E-state index in [9.17, 15) is 9.59 Å². The number of nitrogens with zero attached hydrogens (tertiary/aromatic N) is 3. The molecule has 0 bridgehead atoms. The number of piperazine rings is 1. The fourth-order valence-electron chi connectivity index (χ4n) is 4.07. The van der Waals surface area contributed by atoms with Crippen LogP contribution >= 0.6 is 11.3 Å². The number of amides is 2. The first-order valence-electron chi connectivity index (χ1n) is 11.7. The number of nitrogens with one attached hydrogen (secondary N) is 2. The van der Waals surface area contributed by atoms with E-state index in [0.717, 1.165) is 68.4 Å². The summed E-state index contributed by atoms with van der Waals surface area (Å²) in [6.45, 7) is 5.57. The molecule has 9 heteroatoms. The summed E-state index contributed by atoms with van der Waals surface area (Å²) >= 11 is 1.21. The highest BCUT2D eigenvalue weighted by molar-refractivity contribution is 7.20. The van der Waals surface area contributed by atoms with Crippen molar-refractivity contribution in [2.45, 2.75) is 25.7 Å². The third kappa shape index (κ3) is 6.53. The van der Waals surface area contributed by atoms with E-state index in [0.29, 0.717) is 16.6 Å². The summed E-state index contributed by atoms with van der Waals surface area (Å²) in [7, 11) is 2.16. The number of aromatic nitrogens is 1. The molecule has 0 unspecified atom stereocenters. The number of anilines is 3. The van der Waals surface area contributed by atoms with Crippen molar-refractivity contribution in [1.82, 2.24) is 14.8 Å². The minimum Gasteiger partial charge on any atom is -0.364 e. The van der Waals surface area contributed by atoms with Gasteiger partial charge in [-0.2, -0.15) is 0 Å². The van der Waals surface area contributed by atoms with Crippen LogP contribution < -0.4 is 16.4 Å². The summed E-state index contributed by atoms with van der Waals surface area (Å²) in [5.74, 6) is -0.784. The molecule has 0 aliphatic carbocycles. The Morgan fingerprint density at radius 1 is 1.03 bits per heavy atom. The molecule has 34 heavy (non-hydrogen) atoms. The number of carbonyl (C=O) groups excluding carboxylic acids is 2. The van der Waals surface area contributed by atoms with Crippen molar-refractivity contribution >= 4 is 49.7 Å². The van der Waals surface area contributed by atoms with E-state index in [1.807, 2.05) is 42.5 Å². The zero-order chi connectivity index (χ0) is 23.9. The second-order valence-corrected chi connectivity index (χ2v) is 9.75. The van der Waals surface area contributed by atoms with Crippen LogP contribution in [-0.4, -0.2) is 66.4 Å². The Morgan fingerprint density at radius 3 is 2.56 bits per heavy atom. The molecule has 8 nitrogen and oxygen atoms in total. The number of benzene rings is 2. The van der Waals surface area contributed by atoms with Gasteiger partial charge in [0.15, 0.2) is 10.8 Å². The van der Waals surface area contributed by atoms with Gasteiger partial charge >= 0.3 is 0 Å². The normalized spacial score (nSPS) is 14.9. The summed E-state index contributed by atoms with van der Waals surface area (Å²) in [6, 6.07) is 14.1. The van der Waals surface area contributed by atoms with E-state index < -0.39 is 5.91 Å². The van der Waals surface area contributed by atoms with Crippen LogP contribution in [0, 0.1) is 0 Å². The maximum atomic E-state index is 12.5. The third-order valence-electron chi connectivity index (χ3n) is 6.09. The van der Waals surface area contributed by atoms with Crippen LogP contribution in [0.3, 0.4) is 0 Å². The predicted molar refractivity (Wildman–Crippen MR) is 139 cm³/mol. The fraction of sp³-hybridized carbons (Fsp3) is 0.400. The second kappa shape index (κ2) is 11.4. The number of thiazole rings is 1. The summed E-state index contributed by atoms with van der Waals surface area (Å²) < 4.78 is 0. The monoisotopic (exact) mass is 480 g/mol. The molecule has 3 aromatic rings. The maximum Gasteiger partial charge on any atom is 0.270 e. The molecule has 1 aliphatic rings. The molecule has 1 aromatic heterocycles. The molecule has 2 heterocycles. The van der Waals surface area contributed by atoms with Crippen LogP contribution in [0.25, 0.3) is 10.8 Å². The highest BCUT2D eigenvalue weighted by Crippen LogP contribution is 2.31. The zero-order valence-electron chi connectivity index (χ0n) is 19.5. The van der Waals surface area contributed by atoms with Crippen molar-refractivity contribution in [3.63, 3.8) is 0 Å². The van der Waals surface area contributed by atoms with Gasteiger partial charge in [-0.05, 0) is 49.3 Å². The Morgan fingerprint density at radius 2 is 1.79 bits per heavy atom. The topological polar surface area (TPSA) is 104 Å². The predicted octanol–water partition coefficient (Wildman–Crippen LogP) is 3.89. The van der Waals surface area contributed by atoms with Crippen molar-refractivity contribution in [1.29, 1.82) is 0 Å². The van der Waals surface area contributed by atoms with Gasteiger partial charge in [0, 0.05) is 38.3 Å². The molecular formula is C25H32N6O2S. The molecule has 180 valence electrons. The molecule has 1 fully saturated rings. The number of hydrogen-bond donors (Lipinski definition) is 3. The fourth-order valence-corrected chi connectivity index (χ4v) is 4.98. The molecule has 2 aromatic carbocycles. The Balaban J connectivity index is 1.28. The van der Waals surface area contributed by atoms with Gasteiger partial charge in [-0.1, -0.05) is 48.1 Å². The zero-order valence-corrected chi connectivity index (χ0v) is 20.4.